The summed E-state index contributed by atoms with van der Waals surface area (Å²) < 4.78 is 0. The molecule has 0 spiro atoms. The molecule has 2 N–H and O–H groups in total. The molecule has 1 aliphatic heterocycles. The Kier molecular flexibility index (Phi) is 4.66. The molecular formula is C14H19NOS. The highest BCUT2D eigenvalue weighted by molar-refractivity contribution is 7.80. The van der Waals surface area contributed by atoms with Crippen LogP contribution in [-0.2, 0) is 6.42 Å². The van der Waals surface area contributed by atoms with Crippen LogP contribution in [0, 0.1) is 0 Å². The lowest BCUT2D eigenvalue weighted by molar-refractivity contribution is 0.229. The molecule has 1 aromatic carbocycles. The van der Waals surface area contributed by atoms with Crippen molar-refractivity contribution < 1.29 is 5.11 Å². The van der Waals surface area contributed by atoms with E-state index in [1.807, 2.05) is 18.2 Å². The second-order valence-electron chi connectivity index (χ2n) is 4.59. The van der Waals surface area contributed by atoms with Gasteiger partial charge in [-0.15, -0.1) is 0 Å². The number of aliphatic hydroxyl groups is 1. The van der Waals surface area contributed by atoms with Crippen molar-refractivity contribution in [3.63, 3.8) is 0 Å². The summed E-state index contributed by atoms with van der Waals surface area (Å²) >= 11 is 5.34. The van der Waals surface area contributed by atoms with E-state index < -0.39 is 6.10 Å². The summed E-state index contributed by atoms with van der Waals surface area (Å²) in [6.07, 6.45) is 3.38. The minimum Gasteiger partial charge on any atom is -0.388 e. The van der Waals surface area contributed by atoms with Crippen LogP contribution in [-0.4, -0.2) is 28.7 Å². The third kappa shape index (κ3) is 3.60. The van der Waals surface area contributed by atoms with Gasteiger partial charge in [0.1, 0.15) is 0 Å². The van der Waals surface area contributed by atoms with Gasteiger partial charge in [0, 0.05) is 10.9 Å². The molecule has 0 aromatic heterocycles. The first-order valence-corrected chi connectivity index (χ1v) is 6.67. The van der Waals surface area contributed by atoms with Gasteiger partial charge < -0.3 is 10.4 Å². The van der Waals surface area contributed by atoms with E-state index in [9.17, 15) is 5.11 Å². The van der Waals surface area contributed by atoms with Crippen molar-refractivity contribution >= 4 is 17.1 Å². The summed E-state index contributed by atoms with van der Waals surface area (Å²) in [5.41, 5.74) is 1.26. The summed E-state index contributed by atoms with van der Waals surface area (Å²) in [5, 5.41) is 13.4. The maximum atomic E-state index is 10.1. The van der Waals surface area contributed by atoms with Crippen LogP contribution < -0.4 is 5.32 Å². The van der Waals surface area contributed by atoms with E-state index in [0.29, 0.717) is 0 Å². The Hall–Kier alpha value is -0.770. The van der Waals surface area contributed by atoms with Crippen molar-refractivity contribution in [1.82, 2.24) is 5.32 Å². The Morgan fingerprint density at radius 2 is 2.18 bits per heavy atom. The molecule has 2 atom stereocenters. The first-order valence-electron chi connectivity index (χ1n) is 6.26. The van der Waals surface area contributed by atoms with E-state index in [1.165, 1.54) is 5.56 Å². The fourth-order valence-electron chi connectivity index (χ4n) is 2.25. The van der Waals surface area contributed by atoms with Crippen LogP contribution in [0.3, 0.4) is 0 Å². The number of aliphatic hydroxyl groups excluding tert-OH is 1. The van der Waals surface area contributed by atoms with Crippen molar-refractivity contribution in [2.45, 2.75) is 37.8 Å². The first kappa shape index (κ1) is 12.7. The summed E-state index contributed by atoms with van der Waals surface area (Å²) in [6, 6.07) is 10.5. The highest BCUT2D eigenvalue weighted by atomic mass is 32.1. The van der Waals surface area contributed by atoms with Crippen LogP contribution in [0.25, 0.3) is 0 Å². The van der Waals surface area contributed by atoms with Crippen LogP contribution in [0.5, 0.6) is 0 Å². The molecule has 1 heterocycles. The monoisotopic (exact) mass is 249 g/mol. The third-order valence-corrected chi connectivity index (χ3v) is 3.84. The zero-order valence-corrected chi connectivity index (χ0v) is 10.7. The maximum absolute atomic E-state index is 10.1. The van der Waals surface area contributed by atoms with Crippen molar-refractivity contribution in [2.75, 3.05) is 6.54 Å². The number of aryl methyl sites for hydroxylation is 1. The molecule has 1 aromatic rings. The van der Waals surface area contributed by atoms with E-state index in [2.05, 4.69) is 17.4 Å². The summed E-state index contributed by atoms with van der Waals surface area (Å²) in [4.78, 5) is 0.790. The molecule has 2 nitrogen and oxygen atoms in total. The van der Waals surface area contributed by atoms with Gasteiger partial charge in [-0.3, -0.25) is 0 Å². The molecule has 17 heavy (non-hydrogen) atoms. The van der Waals surface area contributed by atoms with Crippen molar-refractivity contribution in [1.29, 1.82) is 0 Å². The molecule has 0 aliphatic carbocycles. The van der Waals surface area contributed by atoms with Gasteiger partial charge in [0.15, 0.2) is 0 Å². The summed E-state index contributed by atoms with van der Waals surface area (Å²) in [6.45, 7) is 1.02. The van der Waals surface area contributed by atoms with E-state index in [0.717, 1.165) is 37.1 Å². The van der Waals surface area contributed by atoms with E-state index in [1.54, 1.807) is 0 Å². The molecule has 0 radical (unpaired) electrons. The average Bonchev–Trinajstić information content (AvgIpc) is 2.90. The molecule has 92 valence electrons. The van der Waals surface area contributed by atoms with Crippen LogP contribution in [0.2, 0.25) is 0 Å². The van der Waals surface area contributed by atoms with Gasteiger partial charge in [-0.25, -0.2) is 0 Å². The fraction of sp³-hybridized carbons (Fsp3) is 0.500. The second-order valence-corrected chi connectivity index (χ2v) is 5.06. The Bertz CT molecular complexity index is 360. The van der Waals surface area contributed by atoms with Crippen molar-refractivity contribution in [2.24, 2.45) is 0 Å². The number of hydrogen-bond acceptors (Lipinski definition) is 3. The highest BCUT2D eigenvalue weighted by Crippen LogP contribution is 2.13. The average molecular weight is 249 g/mol. The minimum atomic E-state index is -0.458. The zero-order valence-electron chi connectivity index (χ0n) is 9.93. The van der Waals surface area contributed by atoms with Gasteiger partial charge in [0.25, 0.3) is 0 Å². The fourth-order valence-corrected chi connectivity index (χ4v) is 2.57. The Balaban J connectivity index is 1.80. The zero-order chi connectivity index (χ0) is 12.1. The van der Waals surface area contributed by atoms with Gasteiger partial charge in [0.2, 0.25) is 0 Å². The lowest BCUT2D eigenvalue weighted by Gasteiger charge is -2.17. The number of benzene rings is 1. The minimum absolute atomic E-state index is 0.246. The number of thiocarbonyl (C=S) groups is 1. The topological polar surface area (TPSA) is 32.3 Å². The van der Waals surface area contributed by atoms with E-state index in [-0.39, 0.29) is 6.04 Å². The SMILES string of the molecule is O[C@H](CCc1ccccc1)C(=S)[C@@H]1CCCN1. The second kappa shape index (κ2) is 6.24. The number of nitrogens with one attached hydrogen (secondary N) is 1. The predicted molar refractivity (Wildman–Crippen MR) is 74.4 cm³/mol. The Morgan fingerprint density at radius 3 is 2.82 bits per heavy atom. The van der Waals surface area contributed by atoms with Gasteiger partial charge in [-0.1, -0.05) is 42.5 Å². The molecule has 2 rings (SSSR count). The number of rotatable bonds is 5. The van der Waals surface area contributed by atoms with Crippen LogP contribution in [0.15, 0.2) is 30.3 Å². The molecule has 0 saturated carbocycles. The molecule has 0 bridgehead atoms. The van der Waals surface area contributed by atoms with E-state index in [4.69, 9.17) is 12.2 Å². The van der Waals surface area contributed by atoms with E-state index >= 15 is 0 Å². The van der Waals surface area contributed by atoms with Gasteiger partial charge in [-0.05, 0) is 37.8 Å². The maximum Gasteiger partial charge on any atom is 0.0871 e. The van der Waals surface area contributed by atoms with Crippen LogP contribution in [0.1, 0.15) is 24.8 Å². The molecule has 1 aliphatic rings. The standard InChI is InChI=1S/C14H19NOS/c16-13(14(17)12-7-4-10-15-12)9-8-11-5-2-1-3-6-11/h1-3,5-6,12-13,15-16H,4,7-10H2/t12-,13+/m0/s1. The lowest BCUT2D eigenvalue weighted by atomic mass is 10.0. The molecule has 1 fully saturated rings. The highest BCUT2D eigenvalue weighted by Gasteiger charge is 2.23. The predicted octanol–water partition coefficient (Wildman–Crippen LogP) is 2.10. The Morgan fingerprint density at radius 1 is 1.41 bits per heavy atom. The van der Waals surface area contributed by atoms with Crippen LogP contribution in [0.4, 0.5) is 0 Å². The third-order valence-electron chi connectivity index (χ3n) is 3.28. The molecule has 0 amide bonds. The Labute approximate surface area is 108 Å². The smallest absolute Gasteiger partial charge is 0.0871 e. The first-order chi connectivity index (χ1) is 8.27. The van der Waals surface area contributed by atoms with Crippen molar-refractivity contribution in [3.8, 4) is 0 Å². The molecular weight excluding hydrogens is 230 g/mol. The van der Waals surface area contributed by atoms with Gasteiger partial charge >= 0.3 is 0 Å². The quantitative estimate of drug-likeness (QED) is 0.784. The molecule has 1 saturated heterocycles. The normalized spacial score (nSPS) is 21.4. The largest absolute Gasteiger partial charge is 0.388 e. The lowest BCUT2D eigenvalue weighted by Crippen LogP contribution is -2.37. The van der Waals surface area contributed by atoms with Crippen LogP contribution >= 0.6 is 12.2 Å². The molecule has 0 unspecified atom stereocenters. The molecule has 3 heteroatoms. The number of hydrogen-bond donors (Lipinski definition) is 2. The van der Waals surface area contributed by atoms with Gasteiger partial charge in [0.05, 0.1) is 6.10 Å². The summed E-state index contributed by atoms with van der Waals surface area (Å²) in [7, 11) is 0. The van der Waals surface area contributed by atoms with Gasteiger partial charge in [-0.2, -0.15) is 0 Å². The van der Waals surface area contributed by atoms with Crippen molar-refractivity contribution in [3.05, 3.63) is 35.9 Å². The summed E-state index contributed by atoms with van der Waals surface area (Å²) in [5.74, 6) is 0.